The average molecular weight is 270 g/mol. The molecule has 0 atom stereocenters. The maximum Gasteiger partial charge on any atom is 0.350 e. The molecule has 0 amide bonds. The van der Waals surface area contributed by atoms with Crippen LogP contribution in [0.1, 0.15) is 15.4 Å². The lowest BCUT2D eigenvalue weighted by molar-refractivity contribution is 0.0605. The summed E-state index contributed by atoms with van der Waals surface area (Å²) in [6.07, 6.45) is 0. The van der Waals surface area contributed by atoms with Gasteiger partial charge in [-0.1, -0.05) is 11.3 Å². The van der Waals surface area contributed by atoms with Gasteiger partial charge >= 0.3 is 5.97 Å². The highest BCUT2D eigenvalue weighted by Crippen LogP contribution is 2.23. The number of methoxy groups -OCH3 is 1. The second-order valence-electron chi connectivity index (χ2n) is 4.33. The Labute approximate surface area is 111 Å². The molecule has 100 valence electrons. The minimum Gasteiger partial charge on any atom is -0.465 e. The summed E-state index contributed by atoms with van der Waals surface area (Å²) in [5, 5.41) is 2.87. The maximum absolute atomic E-state index is 11.5. The zero-order valence-corrected chi connectivity index (χ0v) is 11.7. The average Bonchev–Trinajstić information content (AvgIpc) is 2.72. The molecule has 1 fully saturated rings. The number of hydrogen-bond donors (Lipinski definition) is 1. The van der Waals surface area contributed by atoms with Crippen LogP contribution in [0.5, 0.6) is 0 Å². The fourth-order valence-electron chi connectivity index (χ4n) is 1.78. The second kappa shape index (κ2) is 5.64. The number of anilines is 1. The summed E-state index contributed by atoms with van der Waals surface area (Å²) in [5.41, 5.74) is 3.96. The molecular weight excluding hydrogens is 252 g/mol. The first-order valence-electron chi connectivity index (χ1n) is 5.86. The Morgan fingerprint density at radius 3 is 2.67 bits per heavy atom. The van der Waals surface area contributed by atoms with Gasteiger partial charge in [0.25, 0.3) is 0 Å². The van der Waals surface area contributed by atoms with E-state index in [1.807, 2.05) is 6.92 Å². The topological polar surface area (TPSA) is 57.7 Å². The molecule has 1 aliphatic heterocycles. The zero-order valence-electron chi connectivity index (χ0n) is 10.9. The Bertz CT molecular complexity index is 427. The predicted octanol–water partition coefficient (Wildman–Crippen LogP) is 0.812. The van der Waals surface area contributed by atoms with Gasteiger partial charge in [-0.25, -0.2) is 14.8 Å². The lowest BCUT2D eigenvalue weighted by Gasteiger charge is -2.32. The summed E-state index contributed by atoms with van der Waals surface area (Å²) in [6, 6.07) is 0. The number of aryl methyl sites for hydroxylation is 1. The Kier molecular flexibility index (Phi) is 4.15. The van der Waals surface area contributed by atoms with Crippen molar-refractivity contribution in [3.8, 4) is 0 Å². The van der Waals surface area contributed by atoms with Crippen LogP contribution in [0, 0.1) is 6.92 Å². The number of hydrazine groups is 1. The number of esters is 1. The summed E-state index contributed by atoms with van der Waals surface area (Å²) >= 11 is 1.33. The molecule has 18 heavy (non-hydrogen) atoms. The molecule has 0 unspecified atom stereocenters. The van der Waals surface area contributed by atoms with E-state index in [-0.39, 0.29) is 5.97 Å². The SMILES string of the molecule is COC(=O)c1sc(NN2CCN(C)CC2)nc1C. The first-order chi connectivity index (χ1) is 8.60. The molecule has 1 N–H and O–H groups in total. The number of carbonyl (C=O) groups is 1. The number of piperazine rings is 1. The van der Waals surface area contributed by atoms with Crippen molar-refractivity contribution in [3.05, 3.63) is 10.6 Å². The molecule has 7 heteroatoms. The molecule has 2 rings (SSSR count). The fraction of sp³-hybridized carbons (Fsp3) is 0.636. The molecule has 6 nitrogen and oxygen atoms in total. The number of nitrogens with one attached hydrogen (secondary N) is 1. The summed E-state index contributed by atoms with van der Waals surface area (Å²) in [4.78, 5) is 18.7. The maximum atomic E-state index is 11.5. The number of ether oxygens (including phenoxy) is 1. The monoisotopic (exact) mass is 270 g/mol. The predicted molar refractivity (Wildman–Crippen MR) is 70.9 cm³/mol. The highest BCUT2D eigenvalue weighted by Gasteiger charge is 2.18. The van der Waals surface area contributed by atoms with E-state index >= 15 is 0 Å². The van der Waals surface area contributed by atoms with E-state index in [0.29, 0.717) is 10.6 Å². The van der Waals surface area contributed by atoms with Gasteiger partial charge in [-0.2, -0.15) is 0 Å². The van der Waals surface area contributed by atoms with Gasteiger partial charge in [0, 0.05) is 26.2 Å². The summed E-state index contributed by atoms with van der Waals surface area (Å²) in [7, 11) is 3.50. The molecular formula is C11H18N4O2S. The van der Waals surface area contributed by atoms with Crippen LogP contribution in [0.15, 0.2) is 0 Å². The normalized spacial score (nSPS) is 17.7. The number of rotatable bonds is 3. The highest BCUT2D eigenvalue weighted by molar-refractivity contribution is 7.17. The standard InChI is InChI=1S/C11H18N4O2S/c1-8-9(10(16)17-3)18-11(12-8)13-15-6-4-14(2)5-7-15/h4-7H2,1-3H3,(H,12,13). The van der Waals surface area contributed by atoms with Crippen molar-refractivity contribution in [1.29, 1.82) is 0 Å². The summed E-state index contributed by atoms with van der Waals surface area (Å²) in [6.45, 7) is 5.77. The fourth-order valence-corrected chi connectivity index (χ4v) is 2.69. The number of hydrogen-bond acceptors (Lipinski definition) is 7. The van der Waals surface area contributed by atoms with Gasteiger partial charge in [0.05, 0.1) is 12.8 Å². The van der Waals surface area contributed by atoms with Gasteiger partial charge in [-0.3, -0.25) is 5.43 Å². The highest BCUT2D eigenvalue weighted by atomic mass is 32.1. The molecule has 0 spiro atoms. The van der Waals surface area contributed by atoms with E-state index in [0.717, 1.165) is 31.3 Å². The Morgan fingerprint density at radius 2 is 2.06 bits per heavy atom. The van der Waals surface area contributed by atoms with Crippen LogP contribution >= 0.6 is 11.3 Å². The third-order valence-electron chi connectivity index (χ3n) is 2.92. The van der Waals surface area contributed by atoms with Crippen molar-refractivity contribution >= 4 is 22.4 Å². The van der Waals surface area contributed by atoms with E-state index in [1.165, 1.54) is 18.4 Å². The van der Waals surface area contributed by atoms with Crippen molar-refractivity contribution < 1.29 is 9.53 Å². The molecule has 1 saturated heterocycles. The van der Waals surface area contributed by atoms with Crippen molar-refractivity contribution in [2.24, 2.45) is 0 Å². The van der Waals surface area contributed by atoms with Gasteiger partial charge in [0.15, 0.2) is 5.13 Å². The molecule has 1 aromatic rings. The van der Waals surface area contributed by atoms with Crippen LogP contribution < -0.4 is 5.43 Å². The van der Waals surface area contributed by atoms with E-state index in [2.05, 4.69) is 27.4 Å². The Hall–Kier alpha value is -1.18. The molecule has 1 aromatic heterocycles. The second-order valence-corrected chi connectivity index (χ2v) is 5.33. The minimum absolute atomic E-state index is 0.323. The third-order valence-corrected chi connectivity index (χ3v) is 3.97. The number of carbonyl (C=O) groups excluding carboxylic acids is 1. The van der Waals surface area contributed by atoms with Crippen LogP contribution in [0.4, 0.5) is 5.13 Å². The van der Waals surface area contributed by atoms with Crippen LogP contribution in [-0.2, 0) is 4.74 Å². The van der Waals surface area contributed by atoms with E-state index < -0.39 is 0 Å². The van der Waals surface area contributed by atoms with Gasteiger partial charge in [-0.15, -0.1) is 0 Å². The quantitative estimate of drug-likeness (QED) is 0.820. The van der Waals surface area contributed by atoms with Crippen LogP contribution in [0.3, 0.4) is 0 Å². The van der Waals surface area contributed by atoms with Gasteiger partial charge in [-0.05, 0) is 14.0 Å². The van der Waals surface area contributed by atoms with E-state index in [1.54, 1.807) is 0 Å². The van der Waals surface area contributed by atoms with E-state index in [9.17, 15) is 4.79 Å². The van der Waals surface area contributed by atoms with Crippen molar-refractivity contribution in [1.82, 2.24) is 14.9 Å². The molecule has 0 aromatic carbocycles. The number of thiazole rings is 1. The van der Waals surface area contributed by atoms with Crippen LogP contribution in [0.2, 0.25) is 0 Å². The first kappa shape index (κ1) is 13.3. The molecule has 0 aliphatic carbocycles. The van der Waals surface area contributed by atoms with Crippen molar-refractivity contribution in [3.63, 3.8) is 0 Å². The molecule has 0 saturated carbocycles. The summed E-state index contributed by atoms with van der Waals surface area (Å²) in [5.74, 6) is -0.323. The smallest absolute Gasteiger partial charge is 0.350 e. The first-order valence-corrected chi connectivity index (χ1v) is 6.67. The van der Waals surface area contributed by atoms with Gasteiger partial charge < -0.3 is 9.64 Å². The number of likely N-dealkylation sites (N-methyl/N-ethyl adjacent to an activating group) is 1. The largest absolute Gasteiger partial charge is 0.465 e. The summed E-state index contributed by atoms with van der Waals surface area (Å²) < 4.78 is 4.72. The van der Waals surface area contributed by atoms with Gasteiger partial charge in [0.2, 0.25) is 0 Å². The number of nitrogens with zero attached hydrogens (tertiary/aromatic N) is 3. The molecule has 2 heterocycles. The molecule has 0 bridgehead atoms. The van der Waals surface area contributed by atoms with Crippen LogP contribution in [0.25, 0.3) is 0 Å². The zero-order chi connectivity index (χ0) is 13.1. The van der Waals surface area contributed by atoms with Crippen molar-refractivity contribution in [2.75, 3.05) is 45.8 Å². The van der Waals surface area contributed by atoms with E-state index in [4.69, 9.17) is 4.74 Å². The van der Waals surface area contributed by atoms with Crippen LogP contribution in [-0.4, -0.2) is 61.2 Å². The number of aromatic nitrogens is 1. The lowest BCUT2D eigenvalue weighted by Crippen LogP contribution is -2.46. The molecule has 0 radical (unpaired) electrons. The Morgan fingerprint density at radius 1 is 1.39 bits per heavy atom. The van der Waals surface area contributed by atoms with Crippen molar-refractivity contribution in [2.45, 2.75) is 6.92 Å². The lowest BCUT2D eigenvalue weighted by atomic mass is 10.4. The van der Waals surface area contributed by atoms with Gasteiger partial charge in [0.1, 0.15) is 4.88 Å². The minimum atomic E-state index is -0.323. The Balaban J connectivity index is 2.00. The third kappa shape index (κ3) is 2.98. The molecule has 1 aliphatic rings.